The van der Waals surface area contributed by atoms with E-state index in [0.717, 1.165) is 19.4 Å². The third kappa shape index (κ3) is 4.81. The molecule has 5 nitrogen and oxygen atoms in total. The molecule has 0 radical (unpaired) electrons. The Morgan fingerprint density at radius 1 is 1.56 bits per heavy atom. The maximum atomic E-state index is 11.6. The molecule has 0 aromatic heterocycles. The smallest absolute Gasteiger partial charge is 0.307 e. The number of ether oxygens (including phenoxy) is 1. The number of amides is 1. The van der Waals surface area contributed by atoms with Crippen LogP contribution in [0.15, 0.2) is 0 Å². The highest BCUT2D eigenvalue weighted by molar-refractivity contribution is 5.85. The van der Waals surface area contributed by atoms with Crippen molar-refractivity contribution in [2.24, 2.45) is 0 Å². The van der Waals surface area contributed by atoms with Crippen LogP contribution >= 0.6 is 12.4 Å². The molecular weight excluding hydrogens is 232 g/mol. The van der Waals surface area contributed by atoms with Crippen molar-refractivity contribution in [3.63, 3.8) is 0 Å². The van der Waals surface area contributed by atoms with E-state index in [1.165, 1.54) is 7.11 Å². The summed E-state index contributed by atoms with van der Waals surface area (Å²) in [7, 11) is 1.34. The van der Waals surface area contributed by atoms with Gasteiger partial charge in [0.25, 0.3) is 0 Å². The van der Waals surface area contributed by atoms with Gasteiger partial charge in [-0.3, -0.25) is 9.59 Å². The van der Waals surface area contributed by atoms with Crippen LogP contribution < -0.4 is 10.6 Å². The first-order valence-corrected chi connectivity index (χ1v) is 5.24. The van der Waals surface area contributed by atoms with Crippen molar-refractivity contribution in [3.8, 4) is 0 Å². The highest BCUT2D eigenvalue weighted by Crippen LogP contribution is 2.05. The summed E-state index contributed by atoms with van der Waals surface area (Å²) in [5.74, 6) is -0.328. The van der Waals surface area contributed by atoms with Crippen molar-refractivity contribution < 1.29 is 14.3 Å². The van der Waals surface area contributed by atoms with E-state index in [2.05, 4.69) is 15.4 Å². The molecule has 2 unspecified atom stereocenters. The van der Waals surface area contributed by atoms with E-state index >= 15 is 0 Å². The van der Waals surface area contributed by atoms with Crippen LogP contribution in [0.25, 0.3) is 0 Å². The minimum Gasteiger partial charge on any atom is -0.469 e. The summed E-state index contributed by atoms with van der Waals surface area (Å²) in [6.45, 7) is 2.69. The number of nitrogens with one attached hydrogen (secondary N) is 2. The van der Waals surface area contributed by atoms with Gasteiger partial charge in [0.05, 0.1) is 19.6 Å². The molecule has 1 heterocycles. The fourth-order valence-corrected chi connectivity index (χ4v) is 1.64. The van der Waals surface area contributed by atoms with Crippen molar-refractivity contribution >= 4 is 24.3 Å². The molecule has 16 heavy (non-hydrogen) atoms. The Morgan fingerprint density at radius 3 is 2.75 bits per heavy atom. The van der Waals surface area contributed by atoms with Crippen LogP contribution in [0, 0.1) is 0 Å². The van der Waals surface area contributed by atoms with Crippen LogP contribution in [0.1, 0.15) is 26.2 Å². The molecule has 6 heteroatoms. The molecule has 0 aromatic carbocycles. The fourth-order valence-electron chi connectivity index (χ4n) is 1.64. The van der Waals surface area contributed by atoms with Gasteiger partial charge in [-0.15, -0.1) is 12.4 Å². The summed E-state index contributed by atoms with van der Waals surface area (Å²) < 4.78 is 4.52. The lowest BCUT2D eigenvalue weighted by Gasteiger charge is -2.16. The van der Waals surface area contributed by atoms with Crippen LogP contribution in [-0.4, -0.2) is 37.6 Å². The lowest BCUT2D eigenvalue weighted by molar-refractivity contribution is -0.141. The maximum absolute atomic E-state index is 11.6. The minimum atomic E-state index is -0.304. The Bertz CT molecular complexity index is 242. The molecule has 2 N–H and O–H groups in total. The zero-order valence-corrected chi connectivity index (χ0v) is 10.4. The third-order valence-corrected chi connectivity index (χ3v) is 2.47. The molecule has 1 amide bonds. The molecular formula is C10H19ClN2O3. The second kappa shape index (κ2) is 7.46. The lowest BCUT2D eigenvalue weighted by atomic mass is 10.2. The molecule has 0 bridgehead atoms. The zero-order valence-electron chi connectivity index (χ0n) is 9.62. The zero-order chi connectivity index (χ0) is 11.3. The van der Waals surface area contributed by atoms with E-state index in [9.17, 15) is 9.59 Å². The van der Waals surface area contributed by atoms with Crippen molar-refractivity contribution in [3.05, 3.63) is 0 Å². The van der Waals surface area contributed by atoms with Crippen molar-refractivity contribution in [2.45, 2.75) is 38.3 Å². The summed E-state index contributed by atoms with van der Waals surface area (Å²) >= 11 is 0. The topological polar surface area (TPSA) is 67.4 Å². The first-order chi connectivity index (χ1) is 7.13. The number of methoxy groups -OCH3 is 1. The van der Waals surface area contributed by atoms with E-state index in [1.807, 2.05) is 0 Å². The quantitative estimate of drug-likeness (QED) is 0.701. The van der Waals surface area contributed by atoms with E-state index in [1.54, 1.807) is 6.92 Å². The average molecular weight is 251 g/mol. The predicted octanol–water partition coefficient (Wildman–Crippen LogP) is 0.228. The summed E-state index contributed by atoms with van der Waals surface area (Å²) in [6, 6.07) is -0.266. The largest absolute Gasteiger partial charge is 0.469 e. The lowest BCUT2D eigenvalue weighted by Crippen LogP contribution is -2.44. The molecule has 0 aromatic rings. The number of rotatable bonds is 4. The molecule has 94 valence electrons. The number of hydrogen-bond acceptors (Lipinski definition) is 4. The Labute approximate surface area is 102 Å². The highest BCUT2D eigenvalue weighted by Gasteiger charge is 2.23. The van der Waals surface area contributed by atoms with Gasteiger partial charge in [-0.1, -0.05) is 0 Å². The number of esters is 1. The van der Waals surface area contributed by atoms with Crippen LogP contribution in [0.2, 0.25) is 0 Å². The van der Waals surface area contributed by atoms with Gasteiger partial charge in [-0.2, -0.15) is 0 Å². The molecule has 1 aliphatic heterocycles. The molecule has 1 aliphatic rings. The molecule has 1 rings (SSSR count). The normalized spacial score (nSPS) is 20.8. The van der Waals surface area contributed by atoms with Gasteiger partial charge < -0.3 is 15.4 Å². The standard InChI is InChI=1S/C10H18N2O3.ClH/c1-7(6-9(13)15-2)12-10(14)8-4-3-5-11-8;/h7-8,11H,3-6H2,1-2H3,(H,12,14);1H. The van der Waals surface area contributed by atoms with Crippen LogP contribution in [0.4, 0.5) is 0 Å². The van der Waals surface area contributed by atoms with Gasteiger partial charge in [0.15, 0.2) is 0 Å². The second-order valence-corrected chi connectivity index (χ2v) is 3.84. The van der Waals surface area contributed by atoms with Crippen molar-refractivity contribution in [2.75, 3.05) is 13.7 Å². The van der Waals surface area contributed by atoms with Gasteiger partial charge >= 0.3 is 5.97 Å². The third-order valence-electron chi connectivity index (χ3n) is 2.47. The predicted molar refractivity (Wildman–Crippen MR) is 62.5 cm³/mol. The molecule has 2 atom stereocenters. The molecule has 1 fully saturated rings. The first kappa shape index (κ1) is 15.2. The van der Waals surface area contributed by atoms with E-state index < -0.39 is 0 Å². The monoisotopic (exact) mass is 250 g/mol. The second-order valence-electron chi connectivity index (χ2n) is 3.84. The number of hydrogen-bond donors (Lipinski definition) is 2. The van der Waals surface area contributed by atoms with E-state index in [-0.39, 0.29) is 42.8 Å². The van der Waals surface area contributed by atoms with Gasteiger partial charge in [-0.05, 0) is 26.3 Å². The number of carbonyl (C=O) groups is 2. The first-order valence-electron chi connectivity index (χ1n) is 5.24. The summed E-state index contributed by atoms with van der Waals surface area (Å²) in [5, 5.41) is 5.89. The maximum Gasteiger partial charge on any atom is 0.307 e. The van der Waals surface area contributed by atoms with Crippen molar-refractivity contribution in [1.29, 1.82) is 0 Å². The van der Waals surface area contributed by atoms with Crippen LogP contribution in [0.3, 0.4) is 0 Å². The highest BCUT2D eigenvalue weighted by atomic mass is 35.5. The van der Waals surface area contributed by atoms with Crippen LogP contribution in [0.5, 0.6) is 0 Å². The molecule has 1 saturated heterocycles. The number of halogens is 1. The molecule has 0 spiro atoms. The summed E-state index contributed by atoms with van der Waals surface area (Å²) in [6.07, 6.45) is 2.12. The number of carbonyl (C=O) groups excluding carboxylic acids is 2. The Morgan fingerprint density at radius 2 is 2.25 bits per heavy atom. The Hall–Kier alpha value is -0.810. The van der Waals surface area contributed by atoms with Crippen LogP contribution in [-0.2, 0) is 14.3 Å². The van der Waals surface area contributed by atoms with Gasteiger partial charge in [0.1, 0.15) is 0 Å². The average Bonchev–Trinajstić information content (AvgIpc) is 2.70. The van der Waals surface area contributed by atoms with Gasteiger partial charge in [-0.25, -0.2) is 0 Å². The minimum absolute atomic E-state index is 0. The Kier molecular flexibility index (Phi) is 7.08. The van der Waals surface area contributed by atoms with Gasteiger partial charge in [0, 0.05) is 6.04 Å². The van der Waals surface area contributed by atoms with Gasteiger partial charge in [0.2, 0.25) is 5.91 Å². The summed E-state index contributed by atoms with van der Waals surface area (Å²) in [5.41, 5.74) is 0. The SMILES string of the molecule is COC(=O)CC(C)NC(=O)C1CCCN1.Cl. The summed E-state index contributed by atoms with van der Waals surface area (Å²) in [4.78, 5) is 22.5. The molecule has 0 saturated carbocycles. The fraction of sp³-hybridized carbons (Fsp3) is 0.800. The van der Waals surface area contributed by atoms with E-state index in [4.69, 9.17) is 0 Å². The molecule has 0 aliphatic carbocycles. The Balaban J connectivity index is 0.00000225. The van der Waals surface area contributed by atoms with E-state index in [0.29, 0.717) is 0 Å². The van der Waals surface area contributed by atoms with Crippen molar-refractivity contribution in [1.82, 2.24) is 10.6 Å².